The Morgan fingerprint density at radius 3 is 0.333 bits per heavy atom. The summed E-state index contributed by atoms with van der Waals surface area (Å²) >= 11 is 0. The standard InChI is InChI=1S/4CH5N.4H2O/c4*1-2;;;;/h4*2H2,1H3;4*1H2. The van der Waals surface area contributed by atoms with Crippen LogP contribution >= 0.6 is 0 Å². The van der Waals surface area contributed by atoms with Crippen LogP contribution < -0.4 is 22.9 Å². The summed E-state index contributed by atoms with van der Waals surface area (Å²) in [6.45, 7) is 0. The summed E-state index contributed by atoms with van der Waals surface area (Å²) in [5.74, 6) is 0. The smallest absolute Gasteiger partial charge is 0.0195 e. The minimum atomic E-state index is 0. The van der Waals surface area contributed by atoms with E-state index < -0.39 is 0 Å². The van der Waals surface area contributed by atoms with E-state index in [1.165, 1.54) is 28.2 Å². The van der Waals surface area contributed by atoms with Gasteiger partial charge in [-0.3, -0.25) is 0 Å². The number of rotatable bonds is 0. The van der Waals surface area contributed by atoms with Gasteiger partial charge in [-0.05, 0) is 28.2 Å². The monoisotopic (exact) mass is 196 g/mol. The molecule has 8 heteroatoms. The molecule has 8 nitrogen and oxygen atoms in total. The first-order chi connectivity index (χ1) is 4.00. The van der Waals surface area contributed by atoms with Crippen molar-refractivity contribution >= 4 is 0 Å². The summed E-state index contributed by atoms with van der Waals surface area (Å²) in [5.41, 5.74) is 18.0. The first kappa shape index (κ1) is 98.4. The summed E-state index contributed by atoms with van der Waals surface area (Å²) in [7, 11) is 6.00. The van der Waals surface area contributed by atoms with Gasteiger partial charge >= 0.3 is 0 Å². The largest absolute Gasteiger partial charge is 0.412 e. The van der Waals surface area contributed by atoms with Gasteiger partial charge in [-0.15, -0.1) is 0 Å². The van der Waals surface area contributed by atoms with Crippen molar-refractivity contribution < 1.29 is 21.9 Å². The highest BCUT2D eigenvalue weighted by atomic mass is 16.0. The first-order valence-corrected chi connectivity index (χ1v) is 2.31. The van der Waals surface area contributed by atoms with E-state index in [9.17, 15) is 0 Å². The average Bonchev–Trinajstić information content (AvgIpc) is 2.03. The van der Waals surface area contributed by atoms with Crippen LogP contribution in [0, 0.1) is 0 Å². The minimum absolute atomic E-state index is 0. The zero-order chi connectivity index (χ0) is 8.00. The molecule has 0 heterocycles. The molecule has 0 saturated heterocycles. The first-order valence-electron chi connectivity index (χ1n) is 2.31. The number of hydrogen-bond acceptors (Lipinski definition) is 4. The molecule has 12 heavy (non-hydrogen) atoms. The molecular formula is C4H28N4O4. The van der Waals surface area contributed by atoms with E-state index >= 15 is 0 Å². The molecule has 0 aromatic rings. The summed E-state index contributed by atoms with van der Waals surface area (Å²) < 4.78 is 0. The normalized spacial score (nSPS) is 2.00. The second-order valence-electron chi connectivity index (χ2n) is 0. The quantitative estimate of drug-likeness (QED) is 0.298. The van der Waals surface area contributed by atoms with Crippen LogP contribution in [-0.2, 0) is 0 Å². The van der Waals surface area contributed by atoms with Crippen LogP contribution in [0.1, 0.15) is 0 Å². The molecule has 0 rings (SSSR count). The maximum absolute atomic E-state index is 4.50. The van der Waals surface area contributed by atoms with Crippen molar-refractivity contribution in [3.63, 3.8) is 0 Å². The predicted octanol–water partition coefficient (Wildman–Crippen LogP) is -5.00. The third-order valence-corrected chi connectivity index (χ3v) is 0. The van der Waals surface area contributed by atoms with Gasteiger partial charge in [0.15, 0.2) is 0 Å². The predicted molar refractivity (Wildman–Crippen MR) is 54.9 cm³/mol. The van der Waals surface area contributed by atoms with Crippen molar-refractivity contribution in [3.8, 4) is 0 Å². The van der Waals surface area contributed by atoms with Gasteiger partial charge in [0.05, 0.1) is 0 Å². The van der Waals surface area contributed by atoms with Crippen LogP contribution in [0.5, 0.6) is 0 Å². The molecule has 0 atom stereocenters. The molecule has 0 saturated carbocycles. The lowest BCUT2D eigenvalue weighted by molar-refractivity contribution is 0.823. The van der Waals surface area contributed by atoms with Crippen LogP contribution in [0.3, 0.4) is 0 Å². The minimum Gasteiger partial charge on any atom is -0.412 e. The average molecular weight is 196 g/mol. The molecule has 0 aliphatic carbocycles. The molecule has 0 aliphatic heterocycles. The molecule has 0 radical (unpaired) electrons. The zero-order valence-corrected chi connectivity index (χ0v) is 8.31. The second kappa shape index (κ2) is 9770. The third-order valence-electron chi connectivity index (χ3n) is 0. The summed E-state index contributed by atoms with van der Waals surface area (Å²) in [6.07, 6.45) is 0. The topological polar surface area (TPSA) is 230 Å². The molecule has 0 spiro atoms. The Labute approximate surface area is 74.1 Å². The molecule has 88 valence electrons. The number of nitrogens with two attached hydrogens (primary N) is 4. The highest BCUT2D eigenvalue weighted by Crippen LogP contribution is 0.475. The maximum Gasteiger partial charge on any atom is -0.0195 e. The van der Waals surface area contributed by atoms with Gasteiger partial charge in [0, 0.05) is 0 Å². The summed E-state index contributed by atoms with van der Waals surface area (Å²) in [5, 5.41) is 0. The lowest BCUT2D eigenvalue weighted by atomic mass is 11.6. The van der Waals surface area contributed by atoms with Crippen molar-refractivity contribution in [2.45, 2.75) is 0 Å². The van der Waals surface area contributed by atoms with Crippen molar-refractivity contribution in [3.05, 3.63) is 0 Å². The van der Waals surface area contributed by atoms with E-state index in [0.29, 0.717) is 0 Å². The fourth-order valence-corrected chi connectivity index (χ4v) is 0. The van der Waals surface area contributed by atoms with Gasteiger partial charge in [-0.2, -0.15) is 0 Å². The molecule has 0 aromatic carbocycles. The lowest BCUT2D eigenvalue weighted by Gasteiger charge is -1.19. The molecule has 0 fully saturated rings. The Morgan fingerprint density at radius 1 is 0.333 bits per heavy atom. The van der Waals surface area contributed by atoms with E-state index in [-0.39, 0.29) is 21.9 Å². The Kier molecular flexibility index (Phi) is 80100. The van der Waals surface area contributed by atoms with Gasteiger partial charge < -0.3 is 44.8 Å². The Bertz CT molecular complexity index is 19.0. The Morgan fingerprint density at radius 2 is 0.333 bits per heavy atom. The number of hydrogen-bond donors (Lipinski definition) is 4. The second-order valence-corrected chi connectivity index (χ2v) is 0. The van der Waals surface area contributed by atoms with Crippen molar-refractivity contribution in [2.24, 2.45) is 22.9 Å². The van der Waals surface area contributed by atoms with E-state index in [1.807, 2.05) is 0 Å². The maximum atomic E-state index is 4.50. The van der Waals surface area contributed by atoms with Crippen LogP contribution in [0.4, 0.5) is 0 Å². The van der Waals surface area contributed by atoms with Gasteiger partial charge in [-0.1, -0.05) is 0 Å². The molecule has 0 bridgehead atoms. The van der Waals surface area contributed by atoms with Crippen LogP contribution in [0.25, 0.3) is 0 Å². The third kappa shape index (κ3) is 7120. The molecule has 0 amide bonds. The highest BCUT2D eigenvalue weighted by molar-refractivity contribution is 3.54. The zero-order valence-electron chi connectivity index (χ0n) is 8.31. The molecule has 0 aromatic heterocycles. The van der Waals surface area contributed by atoms with E-state index in [2.05, 4.69) is 22.9 Å². The lowest BCUT2D eigenvalue weighted by Crippen LogP contribution is -1.69. The fourth-order valence-electron chi connectivity index (χ4n) is 0. The Balaban J connectivity index is -0.00000000267. The highest BCUT2D eigenvalue weighted by Gasteiger charge is 0.842. The van der Waals surface area contributed by atoms with Gasteiger partial charge in [0.25, 0.3) is 0 Å². The molecular weight excluding hydrogens is 168 g/mol. The van der Waals surface area contributed by atoms with E-state index in [4.69, 9.17) is 0 Å². The van der Waals surface area contributed by atoms with Crippen LogP contribution in [-0.4, -0.2) is 50.1 Å². The fraction of sp³-hybridized carbons (Fsp3) is 1.00. The van der Waals surface area contributed by atoms with Crippen LogP contribution in [0.2, 0.25) is 0 Å². The molecule has 0 aliphatic rings. The SMILES string of the molecule is CN.CN.CN.CN.O.O.O.O. The summed E-state index contributed by atoms with van der Waals surface area (Å²) in [6, 6.07) is 0. The van der Waals surface area contributed by atoms with Crippen molar-refractivity contribution in [1.82, 2.24) is 0 Å². The Hall–Kier alpha value is -0.320. The van der Waals surface area contributed by atoms with E-state index in [1.54, 1.807) is 0 Å². The van der Waals surface area contributed by atoms with Gasteiger partial charge in [0.2, 0.25) is 0 Å². The molecule has 16 N–H and O–H groups in total. The van der Waals surface area contributed by atoms with E-state index in [0.717, 1.165) is 0 Å². The molecule has 0 unspecified atom stereocenters. The van der Waals surface area contributed by atoms with Crippen molar-refractivity contribution in [1.29, 1.82) is 0 Å². The van der Waals surface area contributed by atoms with Gasteiger partial charge in [0.1, 0.15) is 0 Å². The van der Waals surface area contributed by atoms with Gasteiger partial charge in [-0.25, -0.2) is 0 Å². The van der Waals surface area contributed by atoms with Crippen LogP contribution in [0.15, 0.2) is 0 Å². The summed E-state index contributed by atoms with van der Waals surface area (Å²) in [4.78, 5) is 0. The van der Waals surface area contributed by atoms with Crippen molar-refractivity contribution in [2.75, 3.05) is 28.2 Å².